The molecule has 0 atom stereocenters. The average Bonchev–Trinajstić information content (AvgIpc) is 3.26. The van der Waals surface area contributed by atoms with Crippen LogP contribution in [0.3, 0.4) is 0 Å². The first-order valence-electron chi connectivity index (χ1n) is 8.29. The number of carbonyl (C=O) groups excluding carboxylic acids is 1. The summed E-state index contributed by atoms with van der Waals surface area (Å²) in [5.41, 5.74) is -0.194. The zero-order valence-corrected chi connectivity index (χ0v) is 15.6. The molecule has 0 aliphatic carbocycles. The Morgan fingerprint density at radius 3 is 2.81 bits per heavy atom. The van der Waals surface area contributed by atoms with Crippen molar-refractivity contribution in [3.63, 3.8) is 0 Å². The van der Waals surface area contributed by atoms with E-state index in [0.717, 1.165) is 30.0 Å². The number of nitrogens with zero attached hydrogens (tertiary/aromatic N) is 3. The molecule has 0 fully saturated rings. The lowest BCUT2D eigenvalue weighted by Gasteiger charge is -2.11. The van der Waals surface area contributed by atoms with E-state index in [0.29, 0.717) is 29.2 Å². The van der Waals surface area contributed by atoms with Crippen molar-refractivity contribution in [1.82, 2.24) is 14.8 Å². The van der Waals surface area contributed by atoms with Crippen molar-refractivity contribution < 1.29 is 18.0 Å². The molecular weight excluding hydrogens is 374 g/mol. The van der Waals surface area contributed by atoms with Crippen molar-refractivity contribution >= 4 is 23.4 Å². The fraction of sp³-hybridized carbons (Fsp3) is 0.278. The van der Waals surface area contributed by atoms with Crippen LogP contribution in [0.1, 0.15) is 13.8 Å². The van der Waals surface area contributed by atoms with Gasteiger partial charge in [-0.2, -0.15) is 0 Å². The topological polar surface area (TPSA) is 73.0 Å². The lowest BCUT2D eigenvalue weighted by Crippen LogP contribution is -2.16. The Morgan fingerprint density at radius 2 is 2.11 bits per heavy atom. The monoisotopic (exact) mass is 392 g/mol. The van der Waals surface area contributed by atoms with Crippen LogP contribution in [0.15, 0.2) is 46.2 Å². The van der Waals surface area contributed by atoms with Gasteiger partial charge in [-0.25, -0.2) is 8.78 Å². The minimum absolute atomic E-state index is 0.0235. The van der Waals surface area contributed by atoms with E-state index >= 15 is 0 Å². The lowest BCUT2D eigenvalue weighted by atomic mass is 10.2. The summed E-state index contributed by atoms with van der Waals surface area (Å²) in [5.74, 6) is -0.330. The zero-order chi connectivity index (χ0) is 19.4. The van der Waals surface area contributed by atoms with Crippen molar-refractivity contribution in [2.75, 3.05) is 11.1 Å². The van der Waals surface area contributed by atoms with Crippen LogP contribution in [0.4, 0.5) is 14.5 Å². The number of amides is 1. The number of halogens is 2. The van der Waals surface area contributed by atoms with Crippen LogP contribution < -0.4 is 5.32 Å². The van der Waals surface area contributed by atoms with Gasteiger partial charge < -0.3 is 9.73 Å². The summed E-state index contributed by atoms with van der Waals surface area (Å²) in [5, 5.41) is 11.2. The Labute approximate surface area is 159 Å². The number of rotatable bonds is 7. The van der Waals surface area contributed by atoms with Gasteiger partial charge in [-0.1, -0.05) is 25.6 Å². The molecule has 0 radical (unpaired) electrons. The van der Waals surface area contributed by atoms with E-state index in [1.54, 1.807) is 18.4 Å². The first-order valence-corrected chi connectivity index (χ1v) is 9.27. The molecule has 1 N–H and O–H groups in total. The fourth-order valence-electron chi connectivity index (χ4n) is 2.42. The van der Waals surface area contributed by atoms with Crippen LogP contribution in [-0.2, 0) is 11.3 Å². The molecule has 0 saturated carbocycles. The number of aromatic nitrogens is 3. The molecule has 142 valence electrons. The number of nitrogens with one attached hydrogen (secondary N) is 1. The van der Waals surface area contributed by atoms with E-state index in [-0.39, 0.29) is 11.4 Å². The van der Waals surface area contributed by atoms with E-state index in [1.807, 2.05) is 4.57 Å². The molecule has 3 aromatic rings. The molecule has 0 unspecified atom stereocenters. The molecule has 0 bridgehead atoms. The van der Waals surface area contributed by atoms with Gasteiger partial charge in [0.1, 0.15) is 11.6 Å². The van der Waals surface area contributed by atoms with Crippen LogP contribution in [-0.4, -0.2) is 26.4 Å². The molecule has 27 heavy (non-hydrogen) atoms. The number of hydrogen-bond acceptors (Lipinski definition) is 5. The Hall–Kier alpha value is -2.68. The van der Waals surface area contributed by atoms with Crippen molar-refractivity contribution in [2.24, 2.45) is 5.92 Å². The number of hydrogen-bond donors (Lipinski definition) is 1. The summed E-state index contributed by atoms with van der Waals surface area (Å²) in [6.45, 7) is 4.76. The molecule has 0 spiro atoms. The molecule has 3 rings (SSSR count). The Bertz CT molecular complexity index is 926. The number of thioether (sulfide) groups is 1. The maximum atomic E-state index is 13.6. The van der Waals surface area contributed by atoms with Gasteiger partial charge >= 0.3 is 0 Å². The third kappa shape index (κ3) is 4.73. The molecular formula is C18H18F2N4O2S. The summed E-state index contributed by atoms with van der Waals surface area (Å²) in [7, 11) is 0. The van der Waals surface area contributed by atoms with E-state index in [2.05, 4.69) is 29.4 Å². The van der Waals surface area contributed by atoms with Crippen molar-refractivity contribution in [3.05, 3.63) is 48.2 Å². The smallest absolute Gasteiger partial charge is 0.234 e. The van der Waals surface area contributed by atoms with Gasteiger partial charge in [0.2, 0.25) is 5.91 Å². The van der Waals surface area contributed by atoms with Gasteiger partial charge in [0.15, 0.2) is 16.7 Å². The molecule has 0 aliphatic heterocycles. The Kier molecular flexibility index (Phi) is 5.90. The molecule has 2 aromatic heterocycles. The largest absolute Gasteiger partial charge is 0.461 e. The normalized spacial score (nSPS) is 11.1. The van der Waals surface area contributed by atoms with Gasteiger partial charge in [0.05, 0.1) is 17.7 Å². The molecule has 6 nitrogen and oxygen atoms in total. The predicted octanol–water partition coefficient (Wildman–Crippen LogP) is 4.20. The van der Waals surface area contributed by atoms with Crippen LogP contribution in [0, 0.1) is 17.6 Å². The fourth-order valence-corrected chi connectivity index (χ4v) is 3.17. The number of carbonyl (C=O) groups is 1. The first kappa shape index (κ1) is 19.1. The van der Waals surface area contributed by atoms with Gasteiger partial charge in [-0.05, 0) is 30.2 Å². The molecule has 1 aromatic carbocycles. The highest BCUT2D eigenvalue weighted by Gasteiger charge is 2.18. The van der Waals surface area contributed by atoms with Gasteiger partial charge in [0.25, 0.3) is 0 Å². The summed E-state index contributed by atoms with van der Waals surface area (Å²) in [4.78, 5) is 12.1. The highest BCUT2D eigenvalue weighted by atomic mass is 32.2. The van der Waals surface area contributed by atoms with E-state index in [1.165, 1.54) is 0 Å². The minimum Gasteiger partial charge on any atom is -0.461 e. The third-order valence-corrected chi connectivity index (χ3v) is 4.51. The van der Waals surface area contributed by atoms with Gasteiger partial charge in [-0.15, -0.1) is 10.2 Å². The SMILES string of the molecule is CC(C)Cn1c(SCC(=O)Nc2cc(F)ccc2F)nnc1-c1ccco1. The quantitative estimate of drug-likeness (QED) is 0.610. The van der Waals surface area contributed by atoms with Crippen LogP contribution in [0.25, 0.3) is 11.6 Å². The highest BCUT2D eigenvalue weighted by Crippen LogP contribution is 2.26. The molecule has 9 heteroatoms. The summed E-state index contributed by atoms with van der Waals surface area (Å²) in [6, 6.07) is 6.44. The van der Waals surface area contributed by atoms with E-state index < -0.39 is 17.5 Å². The first-order chi connectivity index (χ1) is 12.9. The van der Waals surface area contributed by atoms with Gasteiger partial charge in [-0.3, -0.25) is 9.36 Å². The minimum atomic E-state index is -0.696. The standard InChI is InChI=1S/C18H18F2N4O2S/c1-11(2)9-24-17(15-4-3-7-26-15)22-23-18(24)27-10-16(25)21-14-8-12(19)5-6-13(14)20/h3-8,11H,9-10H2,1-2H3,(H,21,25). The lowest BCUT2D eigenvalue weighted by molar-refractivity contribution is -0.113. The molecule has 0 saturated heterocycles. The Balaban J connectivity index is 1.72. The molecule has 0 aliphatic rings. The number of benzene rings is 1. The van der Waals surface area contributed by atoms with E-state index in [4.69, 9.17) is 4.42 Å². The molecule has 2 heterocycles. The summed E-state index contributed by atoms with van der Waals surface area (Å²) >= 11 is 1.16. The maximum absolute atomic E-state index is 13.6. The van der Waals surface area contributed by atoms with Crippen molar-refractivity contribution in [2.45, 2.75) is 25.5 Å². The molecule has 1 amide bonds. The van der Waals surface area contributed by atoms with Crippen LogP contribution in [0.5, 0.6) is 0 Å². The summed E-state index contributed by atoms with van der Waals surface area (Å²) in [6.07, 6.45) is 1.55. The van der Waals surface area contributed by atoms with Gasteiger partial charge in [0, 0.05) is 12.6 Å². The average molecular weight is 392 g/mol. The maximum Gasteiger partial charge on any atom is 0.234 e. The van der Waals surface area contributed by atoms with Crippen LogP contribution >= 0.6 is 11.8 Å². The number of anilines is 1. The van der Waals surface area contributed by atoms with Crippen molar-refractivity contribution in [1.29, 1.82) is 0 Å². The zero-order valence-electron chi connectivity index (χ0n) is 14.8. The second-order valence-electron chi connectivity index (χ2n) is 6.25. The van der Waals surface area contributed by atoms with Crippen LogP contribution in [0.2, 0.25) is 0 Å². The highest BCUT2D eigenvalue weighted by molar-refractivity contribution is 7.99. The van der Waals surface area contributed by atoms with E-state index in [9.17, 15) is 13.6 Å². The second-order valence-corrected chi connectivity index (χ2v) is 7.19. The predicted molar refractivity (Wildman–Crippen MR) is 98.3 cm³/mol. The second kappa shape index (κ2) is 8.34. The third-order valence-electron chi connectivity index (χ3n) is 3.54. The van der Waals surface area contributed by atoms with Crippen molar-refractivity contribution in [3.8, 4) is 11.6 Å². The Morgan fingerprint density at radius 1 is 1.30 bits per heavy atom. The number of furan rings is 1. The summed E-state index contributed by atoms with van der Waals surface area (Å²) < 4.78 is 34.1.